The highest BCUT2D eigenvalue weighted by Crippen LogP contribution is 2.32. The van der Waals surface area contributed by atoms with Gasteiger partial charge in [0.1, 0.15) is 0 Å². The first kappa shape index (κ1) is 22.0. The highest BCUT2D eigenvalue weighted by Gasteiger charge is 2.34. The van der Waals surface area contributed by atoms with E-state index < -0.39 is 0 Å². The number of nitrogens with one attached hydrogen (secondary N) is 1. The van der Waals surface area contributed by atoms with Crippen LogP contribution in [0.25, 0.3) is 6.08 Å². The van der Waals surface area contributed by atoms with Crippen LogP contribution >= 0.6 is 23.1 Å². The molecular weight excluding hydrogens is 440 g/mol. The molecule has 2 aromatic carbocycles. The van der Waals surface area contributed by atoms with E-state index in [0.29, 0.717) is 4.91 Å². The van der Waals surface area contributed by atoms with E-state index in [1.807, 2.05) is 78.2 Å². The standard InChI is InChI=1S/C25H22N2O3S2/c28-23(17-21(18-8-3-1-4-9-18)19-10-5-2-6-11-19)26-13-14-27-24(29)22(32-25(27)30)16-20-12-7-15-31-20/h1-12,15-16,21H,13-14,17H2,(H,26,28). The van der Waals surface area contributed by atoms with Crippen molar-refractivity contribution in [2.24, 2.45) is 0 Å². The Hall–Kier alpha value is -3.16. The first-order chi connectivity index (χ1) is 15.6. The molecule has 1 fully saturated rings. The van der Waals surface area contributed by atoms with Gasteiger partial charge < -0.3 is 5.32 Å². The Kier molecular flexibility index (Phi) is 7.19. The molecule has 1 saturated heterocycles. The molecule has 0 saturated carbocycles. The molecule has 0 bridgehead atoms. The van der Waals surface area contributed by atoms with Crippen LogP contribution in [0.5, 0.6) is 0 Å². The third-order valence-corrected chi connectivity index (χ3v) is 6.87. The first-order valence-corrected chi connectivity index (χ1v) is 12.0. The number of carbonyl (C=O) groups excluding carboxylic acids is 3. The Labute approximate surface area is 195 Å². The van der Waals surface area contributed by atoms with Gasteiger partial charge in [0.05, 0.1) is 4.91 Å². The van der Waals surface area contributed by atoms with Crippen molar-refractivity contribution in [1.82, 2.24) is 10.2 Å². The van der Waals surface area contributed by atoms with Crippen molar-refractivity contribution >= 4 is 46.2 Å². The van der Waals surface area contributed by atoms with Crippen LogP contribution in [0.1, 0.15) is 28.3 Å². The summed E-state index contributed by atoms with van der Waals surface area (Å²) in [7, 11) is 0. The zero-order valence-corrected chi connectivity index (χ0v) is 18.9. The van der Waals surface area contributed by atoms with Gasteiger partial charge in [-0.2, -0.15) is 0 Å². The van der Waals surface area contributed by atoms with Crippen molar-refractivity contribution in [3.05, 3.63) is 99.1 Å². The smallest absolute Gasteiger partial charge is 0.293 e. The molecule has 1 aliphatic heterocycles. The largest absolute Gasteiger partial charge is 0.354 e. The van der Waals surface area contributed by atoms with Crippen LogP contribution in [-0.4, -0.2) is 35.0 Å². The Morgan fingerprint density at radius 1 is 0.938 bits per heavy atom. The molecule has 1 aromatic heterocycles. The van der Waals surface area contributed by atoms with Crippen LogP contribution in [0.2, 0.25) is 0 Å². The van der Waals surface area contributed by atoms with Crippen molar-refractivity contribution in [2.75, 3.05) is 13.1 Å². The van der Waals surface area contributed by atoms with Gasteiger partial charge in [-0.3, -0.25) is 19.3 Å². The molecule has 0 spiro atoms. The normalized spacial score (nSPS) is 15.0. The third-order valence-electron chi connectivity index (χ3n) is 5.14. The second-order valence-electron chi connectivity index (χ2n) is 7.28. The molecule has 1 N–H and O–H groups in total. The Morgan fingerprint density at radius 2 is 1.59 bits per heavy atom. The number of hydrogen-bond donors (Lipinski definition) is 1. The van der Waals surface area contributed by atoms with Crippen LogP contribution in [-0.2, 0) is 9.59 Å². The van der Waals surface area contributed by atoms with Crippen molar-refractivity contribution < 1.29 is 14.4 Å². The number of imide groups is 1. The maximum Gasteiger partial charge on any atom is 0.293 e. The van der Waals surface area contributed by atoms with Gasteiger partial charge in [0, 0.05) is 30.3 Å². The molecule has 32 heavy (non-hydrogen) atoms. The van der Waals surface area contributed by atoms with E-state index in [1.54, 1.807) is 6.08 Å². The second-order valence-corrected chi connectivity index (χ2v) is 9.25. The van der Waals surface area contributed by atoms with E-state index in [4.69, 9.17) is 0 Å². The Balaban J connectivity index is 1.35. The van der Waals surface area contributed by atoms with Crippen LogP contribution in [0.3, 0.4) is 0 Å². The lowest BCUT2D eigenvalue weighted by molar-refractivity contribution is -0.124. The average Bonchev–Trinajstić information content (AvgIpc) is 3.42. The molecule has 0 unspecified atom stereocenters. The minimum atomic E-state index is -0.311. The molecule has 7 heteroatoms. The number of rotatable bonds is 8. The van der Waals surface area contributed by atoms with Gasteiger partial charge in [0.2, 0.25) is 5.91 Å². The molecule has 1 aliphatic rings. The summed E-state index contributed by atoms with van der Waals surface area (Å²) in [5, 5.41) is 4.48. The zero-order chi connectivity index (χ0) is 22.3. The van der Waals surface area contributed by atoms with Gasteiger partial charge >= 0.3 is 0 Å². The number of benzene rings is 2. The molecular formula is C25H22N2O3S2. The van der Waals surface area contributed by atoms with E-state index in [1.165, 1.54) is 16.2 Å². The zero-order valence-electron chi connectivity index (χ0n) is 17.3. The summed E-state index contributed by atoms with van der Waals surface area (Å²) in [6.45, 7) is 0.374. The van der Waals surface area contributed by atoms with Gasteiger partial charge in [0.15, 0.2) is 0 Å². The van der Waals surface area contributed by atoms with E-state index in [2.05, 4.69) is 5.32 Å². The number of thioether (sulfide) groups is 1. The lowest BCUT2D eigenvalue weighted by Crippen LogP contribution is -2.37. The molecule has 0 aliphatic carbocycles. The molecule has 162 valence electrons. The minimum Gasteiger partial charge on any atom is -0.354 e. The molecule has 0 atom stereocenters. The molecule has 2 heterocycles. The predicted octanol–water partition coefficient (Wildman–Crippen LogP) is 5.12. The number of nitrogens with zero attached hydrogens (tertiary/aromatic N) is 1. The van der Waals surface area contributed by atoms with Crippen LogP contribution in [0.4, 0.5) is 4.79 Å². The Bertz CT molecular complexity index is 1070. The summed E-state index contributed by atoms with van der Waals surface area (Å²) >= 11 is 2.45. The monoisotopic (exact) mass is 462 g/mol. The molecule has 3 amide bonds. The highest BCUT2D eigenvalue weighted by atomic mass is 32.2. The lowest BCUT2D eigenvalue weighted by Gasteiger charge is -2.18. The van der Waals surface area contributed by atoms with Crippen LogP contribution in [0, 0.1) is 0 Å². The topological polar surface area (TPSA) is 66.5 Å². The highest BCUT2D eigenvalue weighted by molar-refractivity contribution is 8.18. The minimum absolute atomic E-state index is 0.0664. The van der Waals surface area contributed by atoms with Gasteiger partial charge in [0.25, 0.3) is 11.1 Å². The second kappa shape index (κ2) is 10.4. The third kappa shape index (κ3) is 5.36. The maximum atomic E-state index is 12.7. The number of hydrogen-bond acceptors (Lipinski definition) is 5. The van der Waals surface area contributed by atoms with Gasteiger partial charge in [-0.05, 0) is 40.4 Å². The van der Waals surface area contributed by atoms with Gasteiger partial charge in [-0.1, -0.05) is 66.7 Å². The maximum absolute atomic E-state index is 12.7. The summed E-state index contributed by atoms with van der Waals surface area (Å²) in [6.07, 6.45) is 2.02. The van der Waals surface area contributed by atoms with Crippen molar-refractivity contribution in [3.63, 3.8) is 0 Å². The summed E-state index contributed by atoms with van der Waals surface area (Å²) in [4.78, 5) is 40.1. The van der Waals surface area contributed by atoms with Gasteiger partial charge in [-0.15, -0.1) is 11.3 Å². The number of carbonyl (C=O) groups is 3. The average molecular weight is 463 g/mol. The molecule has 0 radical (unpaired) electrons. The van der Waals surface area contributed by atoms with Crippen molar-refractivity contribution in [1.29, 1.82) is 0 Å². The summed E-state index contributed by atoms with van der Waals surface area (Å²) < 4.78 is 0. The fraction of sp³-hybridized carbons (Fsp3) is 0.160. The van der Waals surface area contributed by atoms with Crippen LogP contribution in [0.15, 0.2) is 83.1 Å². The summed E-state index contributed by atoms with van der Waals surface area (Å²) in [6, 6.07) is 23.6. The van der Waals surface area contributed by atoms with E-state index >= 15 is 0 Å². The lowest BCUT2D eigenvalue weighted by atomic mass is 9.88. The summed E-state index contributed by atoms with van der Waals surface area (Å²) in [5.74, 6) is -0.499. The van der Waals surface area contributed by atoms with E-state index in [0.717, 1.165) is 27.8 Å². The SMILES string of the molecule is O=C(CC(c1ccccc1)c1ccccc1)NCCN1C(=O)SC(=Cc2cccs2)C1=O. The fourth-order valence-electron chi connectivity index (χ4n) is 3.56. The first-order valence-electron chi connectivity index (χ1n) is 10.3. The predicted molar refractivity (Wildman–Crippen MR) is 129 cm³/mol. The fourth-order valence-corrected chi connectivity index (χ4v) is 5.15. The van der Waals surface area contributed by atoms with E-state index in [-0.39, 0.29) is 42.5 Å². The molecule has 5 nitrogen and oxygen atoms in total. The quantitative estimate of drug-likeness (QED) is 0.472. The van der Waals surface area contributed by atoms with Gasteiger partial charge in [-0.25, -0.2) is 0 Å². The van der Waals surface area contributed by atoms with Crippen molar-refractivity contribution in [3.8, 4) is 0 Å². The summed E-state index contributed by atoms with van der Waals surface area (Å²) in [5.41, 5.74) is 2.14. The van der Waals surface area contributed by atoms with Crippen LogP contribution < -0.4 is 5.32 Å². The van der Waals surface area contributed by atoms with E-state index in [9.17, 15) is 14.4 Å². The molecule has 4 rings (SSSR count). The number of thiophene rings is 1. The molecule has 3 aromatic rings. The number of amides is 3. The Morgan fingerprint density at radius 3 is 2.19 bits per heavy atom. The van der Waals surface area contributed by atoms with Crippen molar-refractivity contribution in [2.45, 2.75) is 12.3 Å².